The Bertz CT molecular complexity index is 438. The smallest absolute Gasteiger partial charge is 0.232 e. The second-order valence-corrected chi connectivity index (χ2v) is 5.28. The monoisotopic (exact) mass is 264 g/mol. The minimum Gasteiger partial charge on any atom is -0.392 e. The number of hydrogen-bond donors (Lipinski definition) is 2. The molecule has 0 fully saturated rings. The molecular formula is C14H20N2OS. The molecule has 18 heavy (non-hydrogen) atoms. The molecule has 0 aliphatic heterocycles. The van der Waals surface area contributed by atoms with Crippen LogP contribution in [-0.4, -0.2) is 10.9 Å². The van der Waals surface area contributed by atoms with Crippen molar-refractivity contribution < 1.29 is 4.79 Å². The lowest BCUT2D eigenvalue weighted by Crippen LogP contribution is -2.44. The Kier molecular flexibility index (Phi) is 4.84. The summed E-state index contributed by atoms with van der Waals surface area (Å²) in [5, 5.41) is 2.85. The fourth-order valence-corrected chi connectivity index (χ4v) is 1.50. The van der Waals surface area contributed by atoms with Gasteiger partial charge in [-0.05, 0) is 31.4 Å². The van der Waals surface area contributed by atoms with Crippen LogP contribution in [0.5, 0.6) is 0 Å². The summed E-state index contributed by atoms with van der Waals surface area (Å²) in [5.41, 5.74) is 7.10. The summed E-state index contributed by atoms with van der Waals surface area (Å²) in [4.78, 5) is 12.1. The van der Waals surface area contributed by atoms with Crippen molar-refractivity contribution in [1.82, 2.24) is 5.32 Å². The first-order valence-electron chi connectivity index (χ1n) is 6.04. The number of carbonyl (C=O) groups is 1. The third kappa shape index (κ3) is 3.53. The highest BCUT2D eigenvalue weighted by atomic mass is 32.1. The van der Waals surface area contributed by atoms with E-state index >= 15 is 0 Å². The third-order valence-corrected chi connectivity index (χ3v) is 3.58. The molecule has 0 unspecified atom stereocenters. The zero-order chi connectivity index (χ0) is 13.8. The molecule has 3 N–H and O–H groups in total. The molecule has 0 bridgehead atoms. The average Bonchev–Trinajstić information content (AvgIpc) is 2.36. The van der Waals surface area contributed by atoms with E-state index in [1.807, 2.05) is 12.1 Å². The van der Waals surface area contributed by atoms with Crippen LogP contribution >= 0.6 is 12.2 Å². The van der Waals surface area contributed by atoms with Gasteiger partial charge in [0, 0.05) is 6.54 Å². The topological polar surface area (TPSA) is 55.1 Å². The van der Waals surface area contributed by atoms with Gasteiger partial charge in [0.15, 0.2) is 0 Å². The van der Waals surface area contributed by atoms with Crippen molar-refractivity contribution in [3.05, 3.63) is 35.4 Å². The van der Waals surface area contributed by atoms with Crippen molar-refractivity contribution in [2.45, 2.75) is 33.7 Å². The number of nitrogens with two attached hydrogens (primary N) is 1. The first kappa shape index (κ1) is 14.6. The molecule has 3 nitrogen and oxygen atoms in total. The van der Waals surface area contributed by atoms with Crippen LogP contribution in [0.1, 0.15) is 31.9 Å². The van der Waals surface area contributed by atoms with Crippen LogP contribution in [0.2, 0.25) is 0 Å². The number of hydrogen-bond acceptors (Lipinski definition) is 2. The zero-order valence-corrected chi connectivity index (χ0v) is 11.9. The molecule has 0 saturated carbocycles. The Hall–Kier alpha value is -1.42. The fraction of sp³-hybridized carbons (Fsp3) is 0.429. The van der Waals surface area contributed by atoms with E-state index in [1.165, 1.54) is 5.56 Å². The summed E-state index contributed by atoms with van der Waals surface area (Å²) in [6.45, 7) is 6.06. The van der Waals surface area contributed by atoms with Gasteiger partial charge < -0.3 is 11.1 Å². The van der Waals surface area contributed by atoms with E-state index in [0.29, 0.717) is 6.54 Å². The van der Waals surface area contributed by atoms with Gasteiger partial charge in [-0.25, -0.2) is 0 Å². The highest BCUT2D eigenvalue weighted by molar-refractivity contribution is 7.80. The number of amides is 1. The Labute approximate surface area is 114 Å². The van der Waals surface area contributed by atoms with Crippen LogP contribution < -0.4 is 11.1 Å². The van der Waals surface area contributed by atoms with Gasteiger partial charge in [-0.3, -0.25) is 4.79 Å². The van der Waals surface area contributed by atoms with Gasteiger partial charge >= 0.3 is 0 Å². The molecule has 1 amide bonds. The SMILES string of the molecule is CCc1ccc(CNC(=O)C(C)(C)C(N)=S)cc1. The van der Waals surface area contributed by atoms with Gasteiger partial charge in [0.05, 0.1) is 10.4 Å². The molecule has 0 atom stereocenters. The minimum atomic E-state index is -0.807. The fourth-order valence-electron chi connectivity index (χ4n) is 1.41. The molecule has 0 saturated heterocycles. The average molecular weight is 264 g/mol. The van der Waals surface area contributed by atoms with Gasteiger partial charge in [0.25, 0.3) is 0 Å². The van der Waals surface area contributed by atoms with Crippen LogP contribution in [0.25, 0.3) is 0 Å². The summed E-state index contributed by atoms with van der Waals surface area (Å²) in [7, 11) is 0. The predicted molar refractivity (Wildman–Crippen MR) is 78.2 cm³/mol. The first-order chi connectivity index (χ1) is 8.37. The summed E-state index contributed by atoms with van der Waals surface area (Å²) < 4.78 is 0. The zero-order valence-electron chi connectivity index (χ0n) is 11.1. The minimum absolute atomic E-state index is 0.144. The van der Waals surface area contributed by atoms with Gasteiger partial charge in [-0.2, -0.15) is 0 Å². The molecule has 0 heterocycles. The molecule has 1 rings (SSSR count). The van der Waals surface area contributed by atoms with Crippen LogP contribution in [0.4, 0.5) is 0 Å². The summed E-state index contributed by atoms with van der Waals surface area (Å²) in [6.07, 6.45) is 1.01. The number of aryl methyl sites for hydroxylation is 1. The highest BCUT2D eigenvalue weighted by Crippen LogP contribution is 2.15. The standard InChI is InChI=1S/C14H20N2OS/c1-4-10-5-7-11(8-6-10)9-16-13(17)14(2,3)12(15)18/h5-8H,4,9H2,1-3H3,(H2,15,18)(H,16,17). The van der Waals surface area contributed by atoms with Crippen molar-refractivity contribution in [3.8, 4) is 0 Å². The van der Waals surface area contributed by atoms with E-state index in [9.17, 15) is 4.79 Å². The number of rotatable bonds is 5. The lowest BCUT2D eigenvalue weighted by Gasteiger charge is -2.21. The van der Waals surface area contributed by atoms with E-state index in [2.05, 4.69) is 24.4 Å². The van der Waals surface area contributed by atoms with E-state index in [4.69, 9.17) is 18.0 Å². The first-order valence-corrected chi connectivity index (χ1v) is 6.44. The summed E-state index contributed by atoms with van der Waals surface area (Å²) in [5.74, 6) is -0.144. The molecule has 4 heteroatoms. The quantitative estimate of drug-likeness (QED) is 0.801. The Morgan fingerprint density at radius 1 is 1.28 bits per heavy atom. The molecule has 0 spiro atoms. The number of benzene rings is 1. The van der Waals surface area contributed by atoms with Gasteiger partial charge in [0.2, 0.25) is 5.91 Å². The van der Waals surface area contributed by atoms with Crippen molar-refractivity contribution in [2.24, 2.45) is 11.1 Å². The number of nitrogens with one attached hydrogen (secondary N) is 1. The Balaban J connectivity index is 2.60. The molecule has 0 aromatic heterocycles. The maximum atomic E-state index is 11.9. The molecule has 0 radical (unpaired) electrons. The Morgan fingerprint density at radius 2 is 1.78 bits per heavy atom. The predicted octanol–water partition coefficient (Wildman–Crippen LogP) is 2.18. The van der Waals surface area contributed by atoms with Crippen LogP contribution in [-0.2, 0) is 17.8 Å². The van der Waals surface area contributed by atoms with Crippen LogP contribution in [0.15, 0.2) is 24.3 Å². The van der Waals surface area contributed by atoms with E-state index in [-0.39, 0.29) is 10.9 Å². The lowest BCUT2D eigenvalue weighted by atomic mass is 9.92. The highest BCUT2D eigenvalue weighted by Gasteiger charge is 2.30. The summed E-state index contributed by atoms with van der Waals surface area (Å²) >= 11 is 4.89. The lowest BCUT2D eigenvalue weighted by molar-refractivity contribution is -0.126. The maximum absolute atomic E-state index is 11.9. The number of carbonyl (C=O) groups excluding carboxylic acids is 1. The number of thiocarbonyl (C=S) groups is 1. The molecule has 98 valence electrons. The third-order valence-electron chi connectivity index (χ3n) is 3.07. The van der Waals surface area contributed by atoms with E-state index < -0.39 is 5.41 Å². The van der Waals surface area contributed by atoms with Crippen molar-refractivity contribution >= 4 is 23.1 Å². The molecule has 0 aliphatic rings. The van der Waals surface area contributed by atoms with E-state index in [0.717, 1.165) is 12.0 Å². The van der Waals surface area contributed by atoms with E-state index in [1.54, 1.807) is 13.8 Å². The molecule has 1 aromatic carbocycles. The molecular weight excluding hydrogens is 244 g/mol. The van der Waals surface area contributed by atoms with Crippen LogP contribution in [0, 0.1) is 5.41 Å². The maximum Gasteiger partial charge on any atom is 0.232 e. The van der Waals surface area contributed by atoms with Crippen molar-refractivity contribution in [3.63, 3.8) is 0 Å². The van der Waals surface area contributed by atoms with Gasteiger partial charge in [-0.1, -0.05) is 43.4 Å². The van der Waals surface area contributed by atoms with Gasteiger partial charge in [-0.15, -0.1) is 0 Å². The Morgan fingerprint density at radius 3 is 2.22 bits per heavy atom. The second kappa shape index (κ2) is 5.96. The van der Waals surface area contributed by atoms with Crippen LogP contribution in [0.3, 0.4) is 0 Å². The van der Waals surface area contributed by atoms with Crippen molar-refractivity contribution in [2.75, 3.05) is 0 Å². The van der Waals surface area contributed by atoms with Gasteiger partial charge in [0.1, 0.15) is 0 Å². The second-order valence-electron chi connectivity index (χ2n) is 4.84. The normalized spacial score (nSPS) is 11.1. The van der Waals surface area contributed by atoms with Crippen molar-refractivity contribution in [1.29, 1.82) is 0 Å². The summed E-state index contributed by atoms with van der Waals surface area (Å²) in [6, 6.07) is 8.18. The molecule has 0 aliphatic carbocycles. The largest absolute Gasteiger partial charge is 0.392 e. The molecule has 1 aromatic rings.